The zero-order valence-corrected chi connectivity index (χ0v) is 11.7. The van der Waals surface area contributed by atoms with E-state index in [4.69, 9.17) is 5.84 Å². The van der Waals surface area contributed by atoms with Crippen molar-refractivity contribution in [3.05, 3.63) is 11.1 Å². The lowest BCUT2D eigenvalue weighted by molar-refractivity contribution is 0.247. The second-order valence-electron chi connectivity index (χ2n) is 3.82. The Bertz CT molecular complexity index is 303. The number of thioether (sulfide) groups is 1. The fourth-order valence-electron chi connectivity index (χ4n) is 1.36. The van der Waals surface area contributed by atoms with Crippen molar-refractivity contribution < 1.29 is 0 Å². The van der Waals surface area contributed by atoms with Crippen LogP contribution in [0.3, 0.4) is 0 Å². The van der Waals surface area contributed by atoms with E-state index in [0.717, 1.165) is 11.7 Å². The topological polar surface area (TPSA) is 54.2 Å². The summed E-state index contributed by atoms with van der Waals surface area (Å²) in [4.78, 5) is 7.75. The number of aromatic nitrogens is 1. The van der Waals surface area contributed by atoms with Crippen LogP contribution in [0.2, 0.25) is 0 Å². The molecular weight excluding hydrogens is 240 g/mol. The molecule has 1 atom stereocenters. The fraction of sp³-hybridized carbons (Fsp3) is 0.700. The lowest BCUT2D eigenvalue weighted by Crippen LogP contribution is -2.28. The van der Waals surface area contributed by atoms with Gasteiger partial charge in [0.1, 0.15) is 0 Å². The predicted molar refractivity (Wildman–Crippen MR) is 73.9 cm³/mol. The summed E-state index contributed by atoms with van der Waals surface area (Å²) in [6.45, 7) is 3.20. The van der Waals surface area contributed by atoms with Crippen molar-refractivity contribution >= 4 is 28.2 Å². The van der Waals surface area contributed by atoms with Gasteiger partial charge in [0.05, 0.1) is 0 Å². The Balaban J connectivity index is 2.40. The standard InChI is InChI=1S/C10H20N4S2/c1-8(4-5-15-3)14(2)7-9-6-12-10(13-11)16-9/h6,8H,4-5,7,11H2,1-3H3,(H,12,13). The summed E-state index contributed by atoms with van der Waals surface area (Å²) < 4.78 is 0. The van der Waals surface area contributed by atoms with Crippen LogP contribution >= 0.6 is 23.1 Å². The number of nitrogens with zero attached hydrogens (tertiary/aromatic N) is 2. The Morgan fingerprint density at radius 3 is 3.00 bits per heavy atom. The van der Waals surface area contributed by atoms with Crippen LogP contribution in [-0.4, -0.2) is 35.0 Å². The minimum absolute atomic E-state index is 0.601. The molecule has 92 valence electrons. The molecule has 1 aromatic heterocycles. The van der Waals surface area contributed by atoms with E-state index in [0.29, 0.717) is 6.04 Å². The summed E-state index contributed by atoms with van der Waals surface area (Å²) in [5.74, 6) is 6.51. The van der Waals surface area contributed by atoms with Gasteiger partial charge >= 0.3 is 0 Å². The molecule has 0 saturated heterocycles. The van der Waals surface area contributed by atoms with Crippen LogP contribution in [0.25, 0.3) is 0 Å². The number of rotatable bonds is 7. The molecule has 1 unspecified atom stereocenters. The van der Waals surface area contributed by atoms with Gasteiger partial charge in [0.2, 0.25) is 0 Å². The molecule has 16 heavy (non-hydrogen) atoms. The number of hydrogen-bond acceptors (Lipinski definition) is 6. The van der Waals surface area contributed by atoms with Crippen LogP contribution in [0, 0.1) is 0 Å². The van der Waals surface area contributed by atoms with E-state index in [2.05, 4.69) is 35.5 Å². The smallest absolute Gasteiger partial charge is 0.197 e. The van der Waals surface area contributed by atoms with Crippen LogP contribution in [0.5, 0.6) is 0 Å². The van der Waals surface area contributed by atoms with Gasteiger partial charge in [0.15, 0.2) is 5.13 Å². The fourth-order valence-corrected chi connectivity index (χ4v) is 2.72. The first-order valence-corrected chi connectivity index (χ1v) is 7.49. The van der Waals surface area contributed by atoms with Gasteiger partial charge in [-0.1, -0.05) is 11.3 Å². The number of nitrogen functional groups attached to an aromatic ring is 1. The van der Waals surface area contributed by atoms with Crippen molar-refractivity contribution in [2.24, 2.45) is 5.84 Å². The third kappa shape index (κ3) is 4.29. The van der Waals surface area contributed by atoms with Crippen molar-refractivity contribution in [3.8, 4) is 0 Å². The van der Waals surface area contributed by atoms with Crippen molar-refractivity contribution in [1.82, 2.24) is 9.88 Å². The quantitative estimate of drug-likeness (QED) is 0.580. The summed E-state index contributed by atoms with van der Waals surface area (Å²) >= 11 is 3.51. The molecule has 1 aromatic rings. The lowest BCUT2D eigenvalue weighted by atomic mass is 10.2. The largest absolute Gasteiger partial charge is 0.300 e. The molecule has 0 amide bonds. The minimum atomic E-state index is 0.601. The van der Waals surface area contributed by atoms with Crippen molar-refractivity contribution in [2.45, 2.75) is 25.9 Å². The Hall–Kier alpha value is -0.300. The summed E-state index contributed by atoms with van der Waals surface area (Å²) in [6, 6.07) is 0.601. The highest BCUT2D eigenvalue weighted by Gasteiger charge is 2.10. The van der Waals surface area contributed by atoms with Gasteiger partial charge in [0.25, 0.3) is 0 Å². The van der Waals surface area contributed by atoms with Crippen molar-refractivity contribution in [2.75, 3.05) is 24.5 Å². The van der Waals surface area contributed by atoms with E-state index >= 15 is 0 Å². The zero-order valence-electron chi connectivity index (χ0n) is 10.1. The maximum absolute atomic E-state index is 5.30. The molecule has 0 aliphatic carbocycles. The average molecular weight is 260 g/mol. The van der Waals surface area contributed by atoms with Gasteiger partial charge in [0, 0.05) is 23.7 Å². The molecule has 0 saturated carbocycles. The Labute approximate surface area is 106 Å². The Morgan fingerprint density at radius 2 is 2.44 bits per heavy atom. The SMILES string of the molecule is CSCCC(C)N(C)Cc1cnc(NN)s1. The number of hydrazine groups is 1. The first-order chi connectivity index (χ1) is 7.67. The van der Waals surface area contributed by atoms with Gasteiger partial charge < -0.3 is 0 Å². The number of nitrogens with two attached hydrogens (primary N) is 1. The maximum Gasteiger partial charge on any atom is 0.197 e. The van der Waals surface area contributed by atoms with Crippen molar-refractivity contribution in [3.63, 3.8) is 0 Å². The molecule has 0 radical (unpaired) electrons. The number of anilines is 1. The Kier molecular flexibility index (Phi) is 6.12. The zero-order chi connectivity index (χ0) is 12.0. The monoisotopic (exact) mass is 260 g/mol. The van der Waals surface area contributed by atoms with Crippen molar-refractivity contribution in [1.29, 1.82) is 0 Å². The average Bonchev–Trinajstić information content (AvgIpc) is 2.73. The molecule has 0 fully saturated rings. The van der Waals surface area contributed by atoms with Crippen LogP contribution < -0.4 is 11.3 Å². The third-order valence-electron chi connectivity index (χ3n) is 2.57. The highest BCUT2D eigenvalue weighted by Crippen LogP contribution is 2.19. The summed E-state index contributed by atoms with van der Waals surface area (Å²) in [7, 11) is 2.15. The maximum atomic E-state index is 5.30. The molecule has 0 aliphatic rings. The summed E-state index contributed by atoms with van der Waals surface area (Å²) in [5.41, 5.74) is 2.57. The molecule has 6 heteroatoms. The van der Waals surface area contributed by atoms with Gasteiger partial charge in [-0.05, 0) is 32.4 Å². The second kappa shape index (κ2) is 7.11. The summed E-state index contributed by atoms with van der Waals surface area (Å²) in [6.07, 6.45) is 5.26. The highest BCUT2D eigenvalue weighted by atomic mass is 32.2. The number of thiazole rings is 1. The lowest BCUT2D eigenvalue weighted by Gasteiger charge is -2.23. The normalized spacial score (nSPS) is 13.1. The second-order valence-corrected chi connectivity index (χ2v) is 5.92. The van der Waals surface area contributed by atoms with Crippen LogP contribution in [0.15, 0.2) is 6.20 Å². The predicted octanol–water partition coefficient (Wildman–Crippen LogP) is 2.00. The number of hydrogen-bond donors (Lipinski definition) is 2. The van der Waals surface area contributed by atoms with E-state index < -0.39 is 0 Å². The molecule has 4 nitrogen and oxygen atoms in total. The molecule has 0 bridgehead atoms. The van der Waals surface area contributed by atoms with Gasteiger partial charge in [-0.3, -0.25) is 10.3 Å². The van der Waals surface area contributed by atoms with Crippen LogP contribution in [0.1, 0.15) is 18.2 Å². The number of nitrogens with one attached hydrogen (secondary N) is 1. The molecular formula is C10H20N4S2. The summed E-state index contributed by atoms with van der Waals surface area (Å²) in [5, 5.41) is 0.778. The highest BCUT2D eigenvalue weighted by molar-refractivity contribution is 7.98. The molecule has 1 heterocycles. The van der Waals surface area contributed by atoms with Gasteiger partial charge in [-0.25, -0.2) is 10.8 Å². The first-order valence-electron chi connectivity index (χ1n) is 5.28. The van der Waals surface area contributed by atoms with Gasteiger partial charge in [-0.2, -0.15) is 11.8 Å². The van der Waals surface area contributed by atoms with E-state index in [9.17, 15) is 0 Å². The van der Waals surface area contributed by atoms with E-state index in [1.807, 2.05) is 18.0 Å². The van der Waals surface area contributed by atoms with Gasteiger partial charge in [-0.15, -0.1) is 0 Å². The van der Waals surface area contributed by atoms with Crippen LogP contribution in [0.4, 0.5) is 5.13 Å². The van der Waals surface area contributed by atoms with E-state index in [1.165, 1.54) is 17.1 Å². The molecule has 0 spiro atoms. The molecule has 3 N–H and O–H groups in total. The van der Waals surface area contributed by atoms with E-state index in [-0.39, 0.29) is 0 Å². The molecule has 0 aliphatic heterocycles. The third-order valence-corrected chi connectivity index (χ3v) is 4.13. The molecule has 1 rings (SSSR count). The Morgan fingerprint density at radius 1 is 1.69 bits per heavy atom. The minimum Gasteiger partial charge on any atom is -0.300 e. The first kappa shape index (κ1) is 13.8. The molecule has 0 aromatic carbocycles. The van der Waals surface area contributed by atoms with Crippen LogP contribution in [-0.2, 0) is 6.54 Å². The van der Waals surface area contributed by atoms with E-state index in [1.54, 1.807) is 11.3 Å².